The Hall–Kier alpha value is 1.22. The van der Waals surface area contributed by atoms with Crippen molar-refractivity contribution in [1.29, 1.82) is 0 Å². The van der Waals surface area contributed by atoms with Crippen LogP contribution in [-0.4, -0.2) is 26.5 Å². The van der Waals surface area contributed by atoms with Gasteiger partial charge in [-0.15, -0.1) is 0 Å². The van der Waals surface area contributed by atoms with E-state index in [4.69, 9.17) is 0 Å². The summed E-state index contributed by atoms with van der Waals surface area (Å²) in [5.74, 6) is 3.06. The second-order valence-electron chi connectivity index (χ2n) is 2.32. The van der Waals surface area contributed by atoms with E-state index in [1.54, 1.807) is 0 Å². The first kappa shape index (κ1) is 8.32. The first-order chi connectivity index (χ1) is 4.38. The first-order valence-electron chi connectivity index (χ1n) is 3.21. The summed E-state index contributed by atoms with van der Waals surface area (Å²) >= 11 is 9.50. The van der Waals surface area contributed by atoms with Crippen LogP contribution in [0.5, 0.6) is 0 Å². The summed E-state index contributed by atoms with van der Waals surface area (Å²) in [6.45, 7) is 0. The number of thiol groups is 2. The van der Waals surface area contributed by atoms with Crippen LogP contribution in [0.3, 0.4) is 0 Å². The molecule has 1 aliphatic rings. The molecule has 1 fully saturated rings. The Bertz CT molecular complexity index is 77.1. The van der Waals surface area contributed by atoms with Crippen LogP contribution < -0.4 is 0 Å². The Kier molecular flexibility index (Phi) is 3.86. The molecule has 1 saturated heterocycles. The number of rotatable bonds is 2. The van der Waals surface area contributed by atoms with Crippen molar-refractivity contribution >= 4 is 40.2 Å². The van der Waals surface area contributed by atoms with Gasteiger partial charge in [0, 0.05) is 0 Å². The molecule has 3 heteroatoms. The van der Waals surface area contributed by atoms with Crippen LogP contribution in [0.15, 0.2) is 0 Å². The molecule has 2 atom stereocenters. The predicted octanol–water partition coefficient (Wildman–Crippen LogP) is 1.78. The molecule has 0 amide bonds. The molecular weight excluding hydrogens is 215 g/mol. The van der Waals surface area contributed by atoms with Crippen molar-refractivity contribution in [2.24, 2.45) is 5.92 Å². The predicted molar refractivity (Wildman–Crippen MR) is 50.1 cm³/mol. The maximum absolute atomic E-state index is 4.31. The van der Waals surface area contributed by atoms with Gasteiger partial charge in [-0.2, -0.15) is 0 Å². The van der Waals surface area contributed by atoms with Gasteiger partial charge in [0.05, 0.1) is 0 Å². The van der Waals surface area contributed by atoms with E-state index in [0.717, 1.165) is 37.2 Å². The second kappa shape index (κ2) is 4.17. The van der Waals surface area contributed by atoms with Gasteiger partial charge in [-0.3, -0.25) is 0 Å². The van der Waals surface area contributed by atoms with Crippen LogP contribution in [0, 0.1) is 5.92 Å². The Morgan fingerprint density at radius 3 is 2.56 bits per heavy atom. The van der Waals surface area contributed by atoms with E-state index in [2.05, 4.69) is 25.3 Å². The SMILES string of the molecule is SCC1CC[Se]C1CS. The van der Waals surface area contributed by atoms with E-state index in [9.17, 15) is 0 Å². The van der Waals surface area contributed by atoms with E-state index in [1.165, 1.54) is 11.7 Å². The van der Waals surface area contributed by atoms with Crippen molar-refractivity contribution in [3.05, 3.63) is 0 Å². The van der Waals surface area contributed by atoms with Gasteiger partial charge < -0.3 is 0 Å². The molecule has 1 rings (SSSR count). The van der Waals surface area contributed by atoms with Crippen LogP contribution in [-0.2, 0) is 0 Å². The fourth-order valence-corrected chi connectivity index (χ4v) is 5.54. The van der Waals surface area contributed by atoms with Crippen molar-refractivity contribution in [3.63, 3.8) is 0 Å². The average Bonchev–Trinajstić information content (AvgIpc) is 2.33. The maximum atomic E-state index is 4.31. The van der Waals surface area contributed by atoms with Crippen LogP contribution in [0.25, 0.3) is 0 Å². The van der Waals surface area contributed by atoms with Crippen LogP contribution in [0.4, 0.5) is 0 Å². The van der Waals surface area contributed by atoms with E-state index in [1.807, 2.05) is 0 Å². The van der Waals surface area contributed by atoms with Gasteiger partial charge in [0.2, 0.25) is 0 Å². The van der Waals surface area contributed by atoms with Crippen LogP contribution >= 0.6 is 25.3 Å². The van der Waals surface area contributed by atoms with Gasteiger partial charge in [0.25, 0.3) is 0 Å². The Balaban J connectivity index is 2.32. The number of hydrogen-bond donors (Lipinski definition) is 2. The molecule has 0 aromatic rings. The molecule has 0 bridgehead atoms. The molecule has 54 valence electrons. The molecule has 0 aromatic carbocycles. The molecule has 1 aliphatic heterocycles. The average molecular weight is 227 g/mol. The van der Waals surface area contributed by atoms with Gasteiger partial charge in [-0.25, -0.2) is 0 Å². The molecular formula is C6H12S2Se. The van der Waals surface area contributed by atoms with Crippen molar-refractivity contribution in [2.75, 3.05) is 11.5 Å². The summed E-state index contributed by atoms with van der Waals surface area (Å²) in [5.41, 5.74) is 0. The van der Waals surface area contributed by atoms with Gasteiger partial charge >= 0.3 is 74.2 Å². The third-order valence-corrected chi connectivity index (χ3v) is 6.22. The van der Waals surface area contributed by atoms with Crippen LogP contribution in [0.2, 0.25) is 10.1 Å². The zero-order valence-electron chi connectivity index (χ0n) is 5.29. The van der Waals surface area contributed by atoms with Gasteiger partial charge in [-0.1, -0.05) is 0 Å². The number of hydrogen-bond acceptors (Lipinski definition) is 2. The summed E-state index contributed by atoms with van der Waals surface area (Å²) in [7, 11) is 0. The van der Waals surface area contributed by atoms with E-state index >= 15 is 0 Å². The summed E-state index contributed by atoms with van der Waals surface area (Å²) in [6, 6.07) is 0. The molecule has 1 heterocycles. The molecule has 0 N–H and O–H groups in total. The Morgan fingerprint density at radius 1 is 1.33 bits per heavy atom. The quantitative estimate of drug-likeness (QED) is 0.521. The molecule has 0 nitrogen and oxygen atoms in total. The Morgan fingerprint density at radius 2 is 2.11 bits per heavy atom. The summed E-state index contributed by atoms with van der Waals surface area (Å²) in [6.07, 6.45) is 1.41. The molecule has 0 aliphatic carbocycles. The second-order valence-corrected chi connectivity index (χ2v) is 5.88. The third-order valence-electron chi connectivity index (χ3n) is 1.76. The van der Waals surface area contributed by atoms with Gasteiger partial charge in [-0.05, 0) is 0 Å². The molecule has 0 radical (unpaired) electrons. The first-order valence-corrected chi connectivity index (χ1v) is 6.68. The normalized spacial score (nSPS) is 35.3. The minimum atomic E-state index is 0.884. The standard InChI is InChI=1S/C6H12S2Se/c7-3-5-1-2-9-6(5)4-8/h5-8H,1-4H2. The van der Waals surface area contributed by atoms with Gasteiger partial charge in [0.1, 0.15) is 0 Å². The Labute approximate surface area is 74.1 Å². The monoisotopic (exact) mass is 228 g/mol. The van der Waals surface area contributed by atoms with Crippen molar-refractivity contribution in [1.82, 2.24) is 0 Å². The van der Waals surface area contributed by atoms with Crippen molar-refractivity contribution < 1.29 is 0 Å². The molecule has 0 aromatic heterocycles. The minimum absolute atomic E-state index is 0.884. The van der Waals surface area contributed by atoms with Crippen molar-refractivity contribution in [3.8, 4) is 0 Å². The molecule has 9 heavy (non-hydrogen) atoms. The molecule has 0 spiro atoms. The zero-order valence-corrected chi connectivity index (χ0v) is 8.79. The van der Waals surface area contributed by atoms with Crippen LogP contribution in [0.1, 0.15) is 6.42 Å². The van der Waals surface area contributed by atoms with Crippen molar-refractivity contribution in [2.45, 2.75) is 16.6 Å². The molecule has 2 unspecified atom stereocenters. The topological polar surface area (TPSA) is 0 Å². The summed E-state index contributed by atoms with van der Waals surface area (Å²) < 4.78 is 0. The fraction of sp³-hybridized carbons (Fsp3) is 1.00. The van der Waals surface area contributed by atoms with E-state index < -0.39 is 0 Å². The van der Waals surface area contributed by atoms with E-state index in [-0.39, 0.29) is 0 Å². The fourth-order valence-electron chi connectivity index (χ4n) is 1.10. The van der Waals surface area contributed by atoms with Gasteiger partial charge in [0.15, 0.2) is 0 Å². The summed E-state index contributed by atoms with van der Waals surface area (Å²) in [5, 5.41) is 1.46. The zero-order chi connectivity index (χ0) is 6.69. The third kappa shape index (κ3) is 2.07. The van der Waals surface area contributed by atoms with E-state index in [0.29, 0.717) is 0 Å². The summed E-state index contributed by atoms with van der Waals surface area (Å²) in [4.78, 5) is 0.929. The molecule has 0 saturated carbocycles.